The van der Waals surface area contributed by atoms with Crippen LogP contribution in [0.15, 0.2) is 53.7 Å². The van der Waals surface area contributed by atoms with Crippen LogP contribution in [0.25, 0.3) is 0 Å². The largest absolute Gasteiger partial charge is 0.618 e. The van der Waals surface area contributed by atoms with E-state index in [-0.39, 0.29) is 10.3 Å². The molecule has 2 rings (SSSR count). The molecule has 0 bridgehead atoms. The minimum absolute atomic E-state index is 0.259. The van der Waals surface area contributed by atoms with Crippen LogP contribution in [0.3, 0.4) is 0 Å². The summed E-state index contributed by atoms with van der Waals surface area (Å²) in [6, 6.07) is 12.0. The van der Waals surface area contributed by atoms with Crippen LogP contribution >= 0.6 is 11.6 Å². The van der Waals surface area contributed by atoms with E-state index < -0.39 is 10.8 Å². The number of nitrogens with zero attached hydrogens (tertiary/aromatic N) is 1. The van der Waals surface area contributed by atoms with Crippen molar-refractivity contribution in [3.8, 4) is 0 Å². The Morgan fingerprint density at radius 2 is 1.89 bits per heavy atom. The first-order valence-electron chi connectivity index (χ1n) is 5.44. The van der Waals surface area contributed by atoms with Gasteiger partial charge in [0.2, 0.25) is 0 Å². The fraction of sp³-hybridized carbons (Fsp3) is 0.154. The minimum atomic E-state index is -1.39. The van der Waals surface area contributed by atoms with Gasteiger partial charge in [-0.3, -0.25) is 0 Å². The van der Waals surface area contributed by atoms with E-state index in [1.54, 1.807) is 30.3 Å². The summed E-state index contributed by atoms with van der Waals surface area (Å²) < 4.78 is 12.9. The third-order valence-electron chi connectivity index (χ3n) is 2.66. The Labute approximate surface area is 113 Å². The van der Waals surface area contributed by atoms with Gasteiger partial charge in [0.25, 0.3) is 5.03 Å². The summed E-state index contributed by atoms with van der Waals surface area (Å²) in [4.78, 5) is 0. The molecule has 0 N–H and O–H groups in total. The first kappa shape index (κ1) is 13.1. The first-order chi connectivity index (χ1) is 8.59. The van der Waals surface area contributed by atoms with Crippen LogP contribution < -0.4 is 4.73 Å². The summed E-state index contributed by atoms with van der Waals surface area (Å²) in [5.41, 5.74) is 0.890. The molecule has 0 aliphatic carbocycles. The molecule has 5 heteroatoms. The Morgan fingerprint density at radius 1 is 1.22 bits per heavy atom. The second kappa shape index (κ2) is 5.50. The van der Waals surface area contributed by atoms with Crippen LogP contribution in [-0.2, 0) is 10.8 Å². The molecular formula is C13H12ClNO2S. The molecule has 1 aromatic carbocycles. The Bertz CT molecular complexity index is 571. The average Bonchev–Trinajstić information content (AvgIpc) is 2.38. The third-order valence-corrected chi connectivity index (χ3v) is 4.55. The van der Waals surface area contributed by atoms with E-state index in [4.69, 9.17) is 11.6 Å². The van der Waals surface area contributed by atoms with Crippen LogP contribution in [0, 0.1) is 5.21 Å². The highest BCUT2D eigenvalue weighted by Crippen LogP contribution is 2.24. The summed E-state index contributed by atoms with van der Waals surface area (Å²) in [6.07, 6.45) is 1.35. The van der Waals surface area contributed by atoms with Gasteiger partial charge in [-0.2, -0.15) is 4.73 Å². The summed E-state index contributed by atoms with van der Waals surface area (Å²) in [5, 5.41) is 12.2. The van der Waals surface area contributed by atoms with E-state index in [2.05, 4.69) is 0 Å². The van der Waals surface area contributed by atoms with Crippen molar-refractivity contribution in [3.63, 3.8) is 0 Å². The van der Waals surface area contributed by atoms with Gasteiger partial charge in [0.15, 0.2) is 6.20 Å². The fourth-order valence-electron chi connectivity index (χ4n) is 1.61. The van der Waals surface area contributed by atoms with Crippen molar-refractivity contribution >= 4 is 22.4 Å². The second-order valence-corrected chi connectivity index (χ2v) is 6.01. The van der Waals surface area contributed by atoms with Crippen molar-refractivity contribution in [1.82, 2.24) is 0 Å². The average molecular weight is 282 g/mol. The van der Waals surface area contributed by atoms with E-state index in [0.717, 1.165) is 5.56 Å². The smallest absolute Gasteiger partial charge is 0.282 e. The van der Waals surface area contributed by atoms with Gasteiger partial charge >= 0.3 is 0 Å². The van der Waals surface area contributed by atoms with Gasteiger partial charge in [-0.1, -0.05) is 23.7 Å². The Balaban J connectivity index is 2.29. The molecule has 0 saturated heterocycles. The van der Waals surface area contributed by atoms with Crippen LogP contribution in [0.1, 0.15) is 17.7 Å². The molecule has 0 saturated carbocycles. The maximum absolute atomic E-state index is 12.3. The normalized spacial score (nSPS) is 14.1. The first-order valence-corrected chi connectivity index (χ1v) is 7.03. The second-order valence-electron chi connectivity index (χ2n) is 3.86. The van der Waals surface area contributed by atoms with Crippen LogP contribution in [0.4, 0.5) is 0 Å². The Hall–Kier alpha value is -1.39. The molecule has 1 heterocycles. The van der Waals surface area contributed by atoms with Crippen molar-refractivity contribution in [1.29, 1.82) is 0 Å². The number of hydrogen-bond acceptors (Lipinski definition) is 2. The van der Waals surface area contributed by atoms with E-state index in [0.29, 0.717) is 9.75 Å². The van der Waals surface area contributed by atoms with Gasteiger partial charge in [0.05, 0.1) is 5.25 Å². The molecule has 0 amide bonds. The quantitative estimate of drug-likeness (QED) is 0.641. The number of aromatic nitrogens is 1. The molecule has 0 radical (unpaired) electrons. The zero-order valence-electron chi connectivity index (χ0n) is 9.75. The monoisotopic (exact) mass is 281 g/mol. The van der Waals surface area contributed by atoms with Crippen LogP contribution in [-0.4, -0.2) is 4.21 Å². The number of pyridine rings is 1. The van der Waals surface area contributed by atoms with Crippen molar-refractivity contribution in [2.24, 2.45) is 0 Å². The number of halogens is 1. The Kier molecular flexibility index (Phi) is 3.99. The molecule has 0 spiro atoms. The van der Waals surface area contributed by atoms with E-state index >= 15 is 0 Å². The summed E-state index contributed by atoms with van der Waals surface area (Å²) in [6.45, 7) is 1.83. The Morgan fingerprint density at radius 3 is 2.50 bits per heavy atom. The zero-order valence-corrected chi connectivity index (χ0v) is 11.3. The van der Waals surface area contributed by atoms with Gasteiger partial charge in [0.1, 0.15) is 10.8 Å². The highest BCUT2D eigenvalue weighted by molar-refractivity contribution is 7.85. The lowest BCUT2D eigenvalue weighted by Gasteiger charge is -2.11. The lowest BCUT2D eigenvalue weighted by Crippen LogP contribution is -2.32. The van der Waals surface area contributed by atoms with E-state index in [9.17, 15) is 9.42 Å². The highest BCUT2D eigenvalue weighted by atomic mass is 35.5. The fourth-order valence-corrected chi connectivity index (χ4v) is 2.95. The van der Waals surface area contributed by atoms with Crippen molar-refractivity contribution in [3.05, 3.63) is 64.5 Å². The molecule has 2 aromatic rings. The van der Waals surface area contributed by atoms with Crippen molar-refractivity contribution < 1.29 is 8.94 Å². The molecule has 3 nitrogen and oxygen atoms in total. The summed E-state index contributed by atoms with van der Waals surface area (Å²) in [7, 11) is -1.39. The third kappa shape index (κ3) is 2.71. The predicted molar refractivity (Wildman–Crippen MR) is 71.7 cm³/mol. The molecule has 2 atom stereocenters. The van der Waals surface area contributed by atoms with Crippen molar-refractivity contribution in [2.75, 3.05) is 0 Å². The predicted octanol–water partition coefficient (Wildman–Crippen LogP) is 2.84. The molecule has 0 aliphatic rings. The minimum Gasteiger partial charge on any atom is -0.618 e. The molecule has 2 unspecified atom stereocenters. The lowest BCUT2D eigenvalue weighted by atomic mass is 10.2. The van der Waals surface area contributed by atoms with E-state index in [1.807, 2.05) is 19.1 Å². The summed E-state index contributed by atoms with van der Waals surface area (Å²) >= 11 is 5.81. The molecular weight excluding hydrogens is 270 g/mol. The van der Waals surface area contributed by atoms with Gasteiger partial charge in [-0.15, -0.1) is 0 Å². The molecule has 0 aliphatic heterocycles. The highest BCUT2D eigenvalue weighted by Gasteiger charge is 2.21. The van der Waals surface area contributed by atoms with Crippen molar-refractivity contribution in [2.45, 2.75) is 17.2 Å². The van der Waals surface area contributed by atoms with Crippen LogP contribution in [0.2, 0.25) is 5.02 Å². The standard InChI is InChI=1S/C13H12ClNO2S/c1-10(11-5-7-12(14)8-6-11)18(17)13-4-2-3-9-15(13)16/h2-10H,1H3. The zero-order chi connectivity index (χ0) is 13.1. The van der Waals surface area contributed by atoms with Gasteiger partial charge in [0, 0.05) is 17.2 Å². The maximum Gasteiger partial charge on any atom is 0.282 e. The number of rotatable bonds is 3. The van der Waals surface area contributed by atoms with Crippen LogP contribution in [0.5, 0.6) is 0 Å². The number of benzene rings is 1. The SMILES string of the molecule is CC(c1ccc(Cl)cc1)S(=O)c1cccc[n+]1[O-]. The topological polar surface area (TPSA) is 44.0 Å². The van der Waals surface area contributed by atoms with Gasteiger partial charge < -0.3 is 5.21 Å². The van der Waals surface area contributed by atoms with Gasteiger partial charge in [-0.05, 0) is 30.7 Å². The molecule has 0 fully saturated rings. The number of hydrogen-bond donors (Lipinski definition) is 0. The molecule has 1 aromatic heterocycles. The summed E-state index contributed by atoms with van der Waals surface area (Å²) in [5.74, 6) is 0. The lowest BCUT2D eigenvalue weighted by molar-refractivity contribution is -0.646. The molecule has 18 heavy (non-hydrogen) atoms. The maximum atomic E-state index is 12.3. The van der Waals surface area contributed by atoms with Gasteiger partial charge in [-0.25, -0.2) is 4.21 Å². The van der Waals surface area contributed by atoms with E-state index in [1.165, 1.54) is 6.20 Å². The molecule has 94 valence electrons.